The maximum Gasteiger partial charge on any atom is 0.234 e. The van der Waals surface area contributed by atoms with Crippen molar-refractivity contribution in [3.8, 4) is 0 Å². The second-order valence-corrected chi connectivity index (χ2v) is 3.59. The predicted octanol–water partition coefficient (Wildman–Crippen LogP) is -0.325. The standard InChI is InChI=1S/C9H19N3O/c10-5-2-1-3-6-12-7-4-8(12)9(11)13/h8H,1-7,10H2,(H2,11,13). The van der Waals surface area contributed by atoms with E-state index in [4.69, 9.17) is 11.5 Å². The van der Waals surface area contributed by atoms with Gasteiger partial charge in [0.1, 0.15) is 0 Å². The van der Waals surface area contributed by atoms with Gasteiger partial charge in [0.05, 0.1) is 6.04 Å². The summed E-state index contributed by atoms with van der Waals surface area (Å²) < 4.78 is 0. The molecule has 0 aromatic rings. The van der Waals surface area contributed by atoms with Gasteiger partial charge in [-0.25, -0.2) is 0 Å². The van der Waals surface area contributed by atoms with Crippen LogP contribution in [0.25, 0.3) is 0 Å². The number of hydrogen-bond acceptors (Lipinski definition) is 3. The largest absolute Gasteiger partial charge is 0.368 e. The van der Waals surface area contributed by atoms with Crippen LogP contribution in [0.1, 0.15) is 25.7 Å². The number of rotatable bonds is 6. The summed E-state index contributed by atoms with van der Waals surface area (Å²) in [5, 5.41) is 0. The van der Waals surface area contributed by atoms with Gasteiger partial charge in [-0.05, 0) is 32.4 Å². The van der Waals surface area contributed by atoms with Crippen molar-refractivity contribution in [1.82, 2.24) is 4.90 Å². The van der Waals surface area contributed by atoms with E-state index in [0.29, 0.717) is 0 Å². The molecule has 4 heteroatoms. The average Bonchev–Trinajstić information content (AvgIpc) is 2.01. The molecule has 0 bridgehead atoms. The van der Waals surface area contributed by atoms with Gasteiger partial charge in [0, 0.05) is 6.54 Å². The van der Waals surface area contributed by atoms with Gasteiger partial charge in [0.2, 0.25) is 5.91 Å². The molecule has 1 atom stereocenters. The van der Waals surface area contributed by atoms with Crippen LogP contribution in [0.5, 0.6) is 0 Å². The van der Waals surface area contributed by atoms with Gasteiger partial charge < -0.3 is 11.5 Å². The number of likely N-dealkylation sites (tertiary alicyclic amines) is 1. The molecule has 0 spiro atoms. The van der Waals surface area contributed by atoms with E-state index < -0.39 is 0 Å². The Balaban J connectivity index is 2.05. The van der Waals surface area contributed by atoms with Crippen molar-refractivity contribution >= 4 is 5.91 Å². The Morgan fingerprint density at radius 1 is 1.38 bits per heavy atom. The summed E-state index contributed by atoms with van der Waals surface area (Å²) in [7, 11) is 0. The highest BCUT2D eigenvalue weighted by atomic mass is 16.1. The van der Waals surface area contributed by atoms with Crippen LogP contribution in [0.4, 0.5) is 0 Å². The fourth-order valence-corrected chi connectivity index (χ4v) is 1.67. The van der Waals surface area contributed by atoms with Gasteiger partial charge in [-0.1, -0.05) is 6.42 Å². The monoisotopic (exact) mass is 185 g/mol. The summed E-state index contributed by atoms with van der Waals surface area (Å²) in [6.45, 7) is 2.78. The summed E-state index contributed by atoms with van der Waals surface area (Å²) in [5.41, 5.74) is 10.6. The molecule has 0 aromatic heterocycles. The molecule has 0 aliphatic carbocycles. The first-order chi connectivity index (χ1) is 6.25. The van der Waals surface area contributed by atoms with Gasteiger partial charge in [-0.2, -0.15) is 0 Å². The second-order valence-electron chi connectivity index (χ2n) is 3.59. The summed E-state index contributed by atoms with van der Waals surface area (Å²) in [5.74, 6) is -0.176. The molecule has 1 aliphatic heterocycles. The molecule has 0 radical (unpaired) electrons. The second kappa shape index (κ2) is 5.19. The Morgan fingerprint density at radius 2 is 2.15 bits per heavy atom. The van der Waals surface area contributed by atoms with Crippen molar-refractivity contribution in [2.24, 2.45) is 11.5 Å². The normalized spacial score (nSPS) is 22.7. The Hall–Kier alpha value is -0.610. The van der Waals surface area contributed by atoms with Crippen molar-refractivity contribution in [3.63, 3.8) is 0 Å². The zero-order valence-corrected chi connectivity index (χ0v) is 8.04. The van der Waals surface area contributed by atoms with E-state index in [1.165, 1.54) is 0 Å². The van der Waals surface area contributed by atoms with Crippen molar-refractivity contribution < 1.29 is 4.79 Å². The molecule has 1 aliphatic rings. The fourth-order valence-electron chi connectivity index (χ4n) is 1.67. The molecule has 1 fully saturated rings. The lowest BCUT2D eigenvalue weighted by atomic mass is 10.0. The summed E-state index contributed by atoms with van der Waals surface area (Å²) in [6, 6.07) is 0.0119. The lowest BCUT2D eigenvalue weighted by Gasteiger charge is -2.38. The maximum atomic E-state index is 10.8. The molecular formula is C9H19N3O. The molecule has 4 N–H and O–H groups in total. The summed E-state index contributed by atoms with van der Waals surface area (Å²) >= 11 is 0. The zero-order valence-electron chi connectivity index (χ0n) is 8.04. The number of nitrogens with zero attached hydrogens (tertiary/aromatic N) is 1. The van der Waals surface area contributed by atoms with Crippen molar-refractivity contribution in [1.29, 1.82) is 0 Å². The van der Waals surface area contributed by atoms with Crippen LogP contribution < -0.4 is 11.5 Å². The Morgan fingerprint density at radius 3 is 2.62 bits per heavy atom. The van der Waals surface area contributed by atoms with E-state index in [0.717, 1.165) is 45.3 Å². The Labute approximate surface area is 79.3 Å². The lowest BCUT2D eigenvalue weighted by Crippen LogP contribution is -2.54. The molecule has 13 heavy (non-hydrogen) atoms. The van der Waals surface area contributed by atoms with Crippen LogP contribution in [0.15, 0.2) is 0 Å². The first-order valence-electron chi connectivity index (χ1n) is 4.99. The van der Waals surface area contributed by atoms with E-state index in [9.17, 15) is 4.79 Å². The number of primary amides is 1. The minimum atomic E-state index is -0.176. The van der Waals surface area contributed by atoms with Crippen LogP contribution in [0.3, 0.4) is 0 Å². The van der Waals surface area contributed by atoms with Crippen LogP contribution >= 0.6 is 0 Å². The summed E-state index contributed by atoms with van der Waals surface area (Å²) in [4.78, 5) is 13.0. The maximum absolute atomic E-state index is 10.8. The van der Waals surface area contributed by atoms with Gasteiger partial charge in [0.15, 0.2) is 0 Å². The van der Waals surface area contributed by atoms with E-state index in [1.54, 1.807) is 0 Å². The highest BCUT2D eigenvalue weighted by Crippen LogP contribution is 2.17. The molecule has 1 unspecified atom stereocenters. The van der Waals surface area contributed by atoms with Crippen LogP contribution in [0.2, 0.25) is 0 Å². The molecule has 0 saturated carbocycles. The van der Waals surface area contributed by atoms with Crippen LogP contribution in [-0.2, 0) is 4.79 Å². The zero-order chi connectivity index (χ0) is 9.68. The first-order valence-corrected chi connectivity index (χ1v) is 4.99. The SMILES string of the molecule is NCCCCCN1CCC1C(N)=O. The summed E-state index contributed by atoms with van der Waals surface area (Å²) in [6.07, 6.45) is 4.29. The third kappa shape index (κ3) is 2.97. The highest BCUT2D eigenvalue weighted by molar-refractivity contribution is 5.80. The van der Waals surface area contributed by atoms with Crippen LogP contribution in [0, 0.1) is 0 Å². The topological polar surface area (TPSA) is 72.3 Å². The number of carbonyl (C=O) groups excluding carboxylic acids is 1. The van der Waals surface area contributed by atoms with E-state index in [-0.39, 0.29) is 11.9 Å². The Kier molecular flexibility index (Phi) is 4.18. The molecular weight excluding hydrogens is 166 g/mol. The van der Waals surface area contributed by atoms with Crippen molar-refractivity contribution in [3.05, 3.63) is 0 Å². The lowest BCUT2D eigenvalue weighted by molar-refractivity contribution is -0.127. The fraction of sp³-hybridized carbons (Fsp3) is 0.889. The minimum Gasteiger partial charge on any atom is -0.368 e. The average molecular weight is 185 g/mol. The number of unbranched alkanes of at least 4 members (excludes halogenated alkanes) is 2. The minimum absolute atomic E-state index is 0.0119. The number of hydrogen-bond donors (Lipinski definition) is 2. The van der Waals surface area contributed by atoms with Crippen molar-refractivity contribution in [2.45, 2.75) is 31.7 Å². The van der Waals surface area contributed by atoms with E-state index >= 15 is 0 Å². The van der Waals surface area contributed by atoms with Gasteiger partial charge >= 0.3 is 0 Å². The molecule has 1 saturated heterocycles. The smallest absolute Gasteiger partial charge is 0.234 e. The predicted molar refractivity (Wildman–Crippen MR) is 52.1 cm³/mol. The Bertz CT molecular complexity index is 172. The van der Waals surface area contributed by atoms with E-state index in [1.807, 2.05) is 0 Å². The quantitative estimate of drug-likeness (QED) is 0.557. The van der Waals surface area contributed by atoms with Gasteiger partial charge in [-0.3, -0.25) is 9.69 Å². The molecule has 0 aromatic carbocycles. The molecule has 1 rings (SSSR count). The number of nitrogens with two attached hydrogens (primary N) is 2. The highest BCUT2D eigenvalue weighted by Gasteiger charge is 2.31. The number of amides is 1. The van der Waals surface area contributed by atoms with Crippen LogP contribution in [-0.4, -0.2) is 36.5 Å². The van der Waals surface area contributed by atoms with Crippen molar-refractivity contribution in [2.75, 3.05) is 19.6 Å². The molecule has 1 heterocycles. The molecule has 1 amide bonds. The first kappa shape index (κ1) is 10.5. The van der Waals surface area contributed by atoms with Gasteiger partial charge in [-0.15, -0.1) is 0 Å². The third-order valence-corrected chi connectivity index (χ3v) is 2.61. The molecule has 4 nitrogen and oxygen atoms in total. The third-order valence-electron chi connectivity index (χ3n) is 2.61. The van der Waals surface area contributed by atoms with E-state index in [2.05, 4.69) is 4.90 Å². The van der Waals surface area contributed by atoms with Gasteiger partial charge in [0.25, 0.3) is 0 Å². The number of carbonyl (C=O) groups is 1. The molecule has 76 valence electrons.